The van der Waals surface area contributed by atoms with Crippen LogP contribution in [0.5, 0.6) is 5.75 Å². The van der Waals surface area contributed by atoms with Crippen molar-refractivity contribution in [3.05, 3.63) is 95.3 Å². The standard InChI is InChI=1S/C36H37F6N5O4/c1-22-8-3-14-30(23(22)2)51-17-7-15-31(48)47-16-6-12-28-27(11-5-13-29(28)47)25-19-44-46(21-25)20-24-9-4-10-26(18-24)45-33(49)32(43)34(50,35(37,38)39)36(40,41)42/h3-5,8-11,13-14,18-19,21,32,50H,6-7,12,15-17,20,43H2,1-2H3,(H,45,49). The molecule has 1 aliphatic rings. The molecule has 15 heteroatoms. The van der Waals surface area contributed by atoms with Crippen molar-refractivity contribution in [2.75, 3.05) is 23.4 Å². The summed E-state index contributed by atoms with van der Waals surface area (Å²) in [4.78, 5) is 27.5. The fourth-order valence-electron chi connectivity index (χ4n) is 6.02. The van der Waals surface area contributed by atoms with Gasteiger partial charge in [0.15, 0.2) is 0 Å². The van der Waals surface area contributed by atoms with Crippen LogP contribution in [0.25, 0.3) is 11.1 Å². The van der Waals surface area contributed by atoms with E-state index in [4.69, 9.17) is 10.5 Å². The number of nitrogens with zero attached hydrogens (tertiary/aromatic N) is 3. The number of aromatic nitrogens is 2. The highest BCUT2D eigenvalue weighted by Crippen LogP contribution is 2.45. The Kier molecular flexibility index (Phi) is 10.8. The number of fused-ring (bicyclic) bond motifs is 1. The average Bonchev–Trinajstić information content (AvgIpc) is 3.54. The van der Waals surface area contributed by atoms with Crippen LogP contribution in [0.2, 0.25) is 0 Å². The first-order valence-electron chi connectivity index (χ1n) is 16.2. The predicted octanol–water partition coefficient (Wildman–Crippen LogP) is 6.48. The van der Waals surface area contributed by atoms with E-state index in [-0.39, 0.29) is 18.1 Å². The molecule has 0 bridgehead atoms. The van der Waals surface area contributed by atoms with Gasteiger partial charge in [0.2, 0.25) is 11.8 Å². The van der Waals surface area contributed by atoms with Crippen molar-refractivity contribution in [2.24, 2.45) is 5.73 Å². The minimum Gasteiger partial charge on any atom is -0.493 e. The monoisotopic (exact) mass is 717 g/mol. The largest absolute Gasteiger partial charge is 0.493 e. The molecule has 0 spiro atoms. The number of aliphatic hydroxyl groups is 1. The van der Waals surface area contributed by atoms with Crippen molar-refractivity contribution in [3.8, 4) is 16.9 Å². The summed E-state index contributed by atoms with van der Waals surface area (Å²) in [7, 11) is 0. The maximum Gasteiger partial charge on any atom is 0.428 e. The van der Waals surface area contributed by atoms with Crippen LogP contribution in [0, 0.1) is 13.8 Å². The first-order chi connectivity index (χ1) is 24.0. The molecule has 2 heterocycles. The Hall–Kier alpha value is -4.89. The summed E-state index contributed by atoms with van der Waals surface area (Å²) in [5, 5.41) is 15.8. The SMILES string of the molecule is Cc1cccc(OCCCC(=O)N2CCCc3c(-c4cnn(Cc5cccc(NC(=O)C(N)C(O)(C(F)(F)F)C(F)(F)F)c5)c4)cccc32)c1C. The lowest BCUT2D eigenvalue weighted by molar-refractivity contribution is -0.370. The molecule has 0 fully saturated rings. The van der Waals surface area contributed by atoms with Crippen LogP contribution < -0.4 is 20.7 Å². The number of rotatable bonds is 11. The normalized spacial score (nSPS) is 14.2. The summed E-state index contributed by atoms with van der Waals surface area (Å²) in [6.07, 6.45) is -6.69. The van der Waals surface area contributed by atoms with E-state index in [0.717, 1.165) is 52.1 Å². The Labute approximate surface area is 290 Å². The Morgan fingerprint density at radius 2 is 1.73 bits per heavy atom. The summed E-state index contributed by atoms with van der Waals surface area (Å²) >= 11 is 0. The van der Waals surface area contributed by atoms with Crippen LogP contribution in [0.1, 0.15) is 41.5 Å². The lowest BCUT2D eigenvalue weighted by Gasteiger charge is -2.35. The molecule has 1 unspecified atom stereocenters. The molecule has 1 aliphatic heterocycles. The minimum absolute atomic E-state index is 0.00257. The van der Waals surface area contributed by atoms with Gasteiger partial charge in [0.1, 0.15) is 11.8 Å². The molecule has 5 rings (SSSR count). The van der Waals surface area contributed by atoms with Gasteiger partial charge in [-0.1, -0.05) is 36.4 Å². The third kappa shape index (κ3) is 7.89. The molecule has 4 N–H and O–H groups in total. The summed E-state index contributed by atoms with van der Waals surface area (Å²) in [6.45, 7) is 5.16. The molecule has 272 valence electrons. The number of hydrogen-bond acceptors (Lipinski definition) is 6. The molecule has 1 aromatic heterocycles. The maximum absolute atomic E-state index is 13.3. The zero-order valence-corrected chi connectivity index (χ0v) is 27.8. The van der Waals surface area contributed by atoms with Crippen molar-refractivity contribution in [2.45, 2.75) is 70.1 Å². The van der Waals surface area contributed by atoms with Crippen molar-refractivity contribution in [1.29, 1.82) is 0 Å². The first kappa shape index (κ1) is 37.4. The second-order valence-electron chi connectivity index (χ2n) is 12.5. The molecule has 0 aliphatic carbocycles. The van der Waals surface area contributed by atoms with Gasteiger partial charge in [-0.25, -0.2) is 0 Å². The molecule has 9 nitrogen and oxygen atoms in total. The van der Waals surface area contributed by atoms with E-state index in [1.807, 2.05) is 55.6 Å². The van der Waals surface area contributed by atoms with Gasteiger partial charge < -0.3 is 25.8 Å². The van der Waals surface area contributed by atoms with Crippen molar-refractivity contribution in [3.63, 3.8) is 0 Å². The smallest absolute Gasteiger partial charge is 0.428 e. The second-order valence-corrected chi connectivity index (χ2v) is 12.5. The molecule has 2 amide bonds. The van der Waals surface area contributed by atoms with Crippen molar-refractivity contribution >= 4 is 23.2 Å². The van der Waals surface area contributed by atoms with E-state index in [1.54, 1.807) is 28.0 Å². The molecular formula is C36H37F6N5O4. The highest BCUT2D eigenvalue weighted by molar-refractivity contribution is 5.96. The Bertz CT molecular complexity index is 1880. The molecular weight excluding hydrogens is 680 g/mol. The molecule has 1 atom stereocenters. The summed E-state index contributed by atoms with van der Waals surface area (Å²) < 4.78 is 86.7. The van der Waals surface area contributed by atoms with Gasteiger partial charge in [-0.3, -0.25) is 14.3 Å². The molecule has 4 aromatic rings. The number of nitrogens with one attached hydrogen (secondary N) is 1. The van der Waals surface area contributed by atoms with Crippen LogP contribution in [0.4, 0.5) is 37.7 Å². The van der Waals surface area contributed by atoms with E-state index in [1.165, 1.54) is 18.2 Å². The van der Waals surface area contributed by atoms with E-state index >= 15 is 0 Å². The third-order valence-electron chi connectivity index (χ3n) is 8.98. The molecule has 3 aromatic carbocycles. The zero-order valence-electron chi connectivity index (χ0n) is 27.8. The molecule has 51 heavy (non-hydrogen) atoms. The topological polar surface area (TPSA) is 123 Å². The lowest BCUT2D eigenvalue weighted by atomic mass is 9.92. The Balaban J connectivity index is 1.24. The highest BCUT2D eigenvalue weighted by atomic mass is 19.4. The quantitative estimate of drug-likeness (QED) is 0.121. The van der Waals surface area contributed by atoms with Gasteiger partial charge in [0.25, 0.3) is 5.60 Å². The number of halogens is 6. The number of nitrogens with two attached hydrogens (primary N) is 1. The third-order valence-corrected chi connectivity index (χ3v) is 8.98. The van der Waals surface area contributed by atoms with Crippen LogP contribution in [-0.4, -0.2) is 63.8 Å². The number of ether oxygens (including phenoxy) is 1. The maximum atomic E-state index is 13.3. The molecule has 0 saturated heterocycles. The summed E-state index contributed by atoms with van der Waals surface area (Å²) in [5.41, 5.74) is 5.65. The number of amides is 2. The average molecular weight is 718 g/mol. The van der Waals surface area contributed by atoms with Crippen LogP contribution in [0.3, 0.4) is 0 Å². The fraction of sp³-hybridized carbons (Fsp3) is 0.361. The second kappa shape index (κ2) is 14.8. The summed E-state index contributed by atoms with van der Waals surface area (Å²) in [5.74, 6) is -1.07. The Morgan fingerprint density at radius 1 is 1.02 bits per heavy atom. The number of carbonyl (C=O) groups is 2. The van der Waals surface area contributed by atoms with Crippen molar-refractivity contribution < 1.29 is 45.8 Å². The number of carbonyl (C=O) groups excluding carboxylic acids is 2. The Morgan fingerprint density at radius 3 is 2.45 bits per heavy atom. The van der Waals surface area contributed by atoms with Gasteiger partial charge in [0, 0.05) is 36.1 Å². The molecule has 0 saturated carbocycles. The number of alkyl halides is 6. The van der Waals surface area contributed by atoms with Crippen LogP contribution >= 0.6 is 0 Å². The number of hydrogen-bond donors (Lipinski definition) is 3. The minimum atomic E-state index is -6.26. The zero-order chi connectivity index (χ0) is 37.1. The van der Waals surface area contributed by atoms with E-state index in [0.29, 0.717) is 31.6 Å². The van der Waals surface area contributed by atoms with Gasteiger partial charge in [-0.05, 0) is 85.2 Å². The number of benzene rings is 3. The first-order valence-corrected chi connectivity index (χ1v) is 16.2. The van der Waals surface area contributed by atoms with Gasteiger partial charge >= 0.3 is 12.4 Å². The van der Waals surface area contributed by atoms with E-state index in [2.05, 4.69) is 5.10 Å². The van der Waals surface area contributed by atoms with Gasteiger partial charge in [-0.15, -0.1) is 0 Å². The van der Waals surface area contributed by atoms with E-state index in [9.17, 15) is 41.0 Å². The van der Waals surface area contributed by atoms with Gasteiger partial charge in [-0.2, -0.15) is 31.4 Å². The number of anilines is 2. The highest BCUT2D eigenvalue weighted by Gasteiger charge is 2.74. The van der Waals surface area contributed by atoms with Gasteiger partial charge in [0.05, 0.1) is 19.3 Å². The predicted molar refractivity (Wildman–Crippen MR) is 178 cm³/mol. The lowest BCUT2D eigenvalue weighted by Crippen LogP contribution is -2.70. The summed E-state index contributed by atoms with van der Waals surface area (Å²) in [6, 6.07) is 13.9. The van der Waals surface area contributed by atoms with Crippen molar-refractivity contribution in [1.82, 2.24) is 9.78 Å². The van der Waals surface area contributed by atoms with Crippen LogP contribution in [-0.2, 0) is 22.6 Å². The van der Waals surface area contributed by atoms with Crippen LogP contribution in [0.15, 0.2) is 73.1 Å². The fourth-order valence-corrected chi connectivity index (χ4v) is 6.02. The van der Waals surface area contributed by atoms with E-state index < -0.39 is 29.9 Å². The number of aryl methyl sites for hydroxylation is 1. The molecule has 0 radical (unpaired) electrons.